The maximum Gasteiger partial charge on any atom is 0.351 e. The van der Waals surface area contributed by atoms with E-state index in [-0.39, 0.29) is 6.61 Å². The second kappa shape index (κ2) is 6.10. The first kappa shape index (κ1) is 15.3. The van der Waals surface area contributed by atoms with Gasteiger partial charge in [0.25, 0.3) is 0 Å². The number of nitrogens with two attached hydrogens (primary N) is 1. The topological polar surface area (TPSA) is 142 Å². The monoisotopic (exact) mass is 295 g/mol. The van der Waals surface area contributed by atoms with Crippen LogP contribution in [-0.2, 0) is 4.74 Å². The van der Waals surface area contributed by atoms with Crippen molar-refractivity contribution in [3.63, 3.8) is 0 Å². The molecule has 1 saturated heterocycles. The SMILES string of the molecule is Cc1cn([C@H]2CC(N=[N+]=[N-])[C@@H](CO)O2)c(=O)nc1N(C)N. The lowest BCUT2D eigenvalue weighted by Crippen LogP contribution is -2.33. The summed E-state index contributed by atoms with van der Waals surface area (Å²) < 4.78 is 6.88. The molecule has 0 saturated carbocycles. The number of aromatic nitrogens is 2. The molecule has 0 spiro atoms. The zero-order chi connectivity index (χ0) is 15.6. The summed E-state index contributed by atoms with van der Waals surface area (Å²) in [5, 5.41) is 14.1. The van der Waals surface area contributed by atoms with Crippen LogP contribution in [0.4, 0.5) is 5.82 Å². The lowest BCUT2D eigenvalue weighted by atomic mass is 10.1. The molecule has 1 fully saturated rings. The molecule has 1 unspecified atom stereocenters. The van der Waals surface area contributed by atoms with Gasteiger partial charge in [-0.2, -0.15) is 4.98 Å². The van der Waals surface area contributed by atoms with Crippen LogP contribution in [-0.4, -0.2) is 40.5 Å². The van der Waals surface area contributed by atoms with E-state index in [1.165, 1.54) is 9.58 Å². The summed E-state index contributed by atoms with van der Waals surface area (Å²) in [6.45, 7) is 1.48. The molecule has 10 heteroatoms. The van der Waals surface area contributed by atoms with Gasteiger partial charge in [-0.25, -0.2) is 10.6 Å². The number of hydrogen-bond donors (Lipinski definition) is 2. The van der Waals surface area contributed by atoms with Gasteiger partial charge in [-0.15, -0.1) is 0 Å². The Morgan fingerprint density at radius 1 is 1.76 bits per heavy atom. The molecule has 0 bridgehead atoms. The molecule has 0 radical (unpaired) electrons. The van der Waals surface area contributed by atoms with Crippen molar-refractivity contribution in [3.05, 3.63) is 32.7 Å². The highest BCUT2D eigenvalue weighted by Gasteiger charge is 2.35. The number of rotatable bonds is 4. The van der Waals surface area contributed by atoms with Gasteiger partial charge in [0, 0.05) is 30.1 Å². The van der Waals surface area contributed by atoms with E-state index in [0.29, 0.717) is 17.8 Å². The minimum absolute atomic E-state index is 0.287. The summed E-state index contributed by atoms with van der Waals surface area (Å²) in [5.74, 6) is 5.97. The third-order valence-corrected chi connectivity index (χ3v) is 3.34. The number of aryl methyl sites for hydroxylation is 1. The molecule has 1 aliphatic heterocycles. The van der Waals surface area contributed by atoms with Crippen molar-refractivity contribution in [3.8, 4) is 0 Å². The highest BCUT2D eigenvalue weighted by molar-refractivity contribution is 5.42. The van der Waals surface area contributed by atoms with Crippen LogP contribution in [0.2, 0.25) is 0 Å². The number of hydrazine groups is 1. The molecule has 0 aromatic carbocycles. The molecule has 1 aliphatic rings. The van der Waals surface area contributed by atoms with Gasteiger partial charge in [-0.3, -0.25) is 9.58 Å². The van der Waals surface area contributed by atoms with Crippen molar-refractivity contribution in [2.75, 3.05) is 18.7 Å². The normalized spacial score (nSPS) is 24.7. The van der Waals surface area contributed by atoms with Crippen molar-refractivity contribution in [2.24, 2.45) is 11.0 Å². The van der Waals surface area contributed by atoms with Crippen molar-refractivity contribution < 1.29 is 9.84 Å². The van der Waals surface area contributed by atoms with Crippen LogP contribution < -0.4 is 16.5 Å². The Labute approximate surface area is 120 Å². The van der Waals surface area contributed by atoms with Gasteiger partial charge in [0.2, 0.25) is 0 Å². The summed E-state index contributed by atoms with van der Waals surface area (Å²) in [7, 11) is 1.59. The van der Waals surface area contributed by atoms with Gasteiger partial charge < -0.3 is 9.84 Å². The van der Waals surface area contributed by atoms with E-state index in [1.807, 2.05) is 0 Å². The molecule has 1 aromatic heterocycles. The molecular formula is C11H17N7O3. The largest absolute Gasteiger partial charge is 0.394 e. The van der Waals surface area contributed by atoms with Crippen molar-refractivity contribution in [1.29, 1.82) is 0 Å². The van der Waals surface area contributed by atoms with Crippen LogP contribution in [0.25, 0.3) is 10.4 Å². The molecule has 1 aromatic rings. The number of ether oxygens (including phenoxy) is 1. The van der Waals surface area contributed by atoms with Gasteiger partial charge in [0.1, 0.15) is 6.23 Å². The van der Waals surface area contributed by atoms with E-state index >= 15 is 0 Å². The molecule has 2 heterocycles. The third-order valence-electron chi connectivity index (χ3n) is 3.34. The minimum atomic E-state index is -0.631. The van der Waals surface area contributed by atoms with E-state index in [0.717, 1.165) is 0 Å². The fourth-order valence-corrected chi connectivity index (χ4v) is 2.36. The highest BCUT2D eigenvalue weighted by Crippen LogP contribution is 2.30. The predicted molar refractivity (Wildman–Crippen MR) is 74.4 cm³/mol. The van der Waals surface area contributed by atoms with Crippen LogP contribution in [0.3, 0.4) is 0 Å². The first-order valence-electron chi connectivity index (χ1n) is 6.36. The van der Waals surface area contributed by atoms with Gasteiger partial charge in [-0.1, -0.05) is 5.11 Å². The third kappa shape index (κ3) is 2.98. The van der Waals surface area contributed by atoms with Crippen molar-refractivity contribution in [1.82, 2.24) is 9.55 Å². The number of aliphatic hydroxyl groups excluding tert-OH is 1. The standard InChI is InChI=1S/C11H17N7O3/c1-6-4-18(11(20)14-10(6)17(2)13)9-3-7(15-16-12)8(5-19)21-9/h4,7-9,19H,3,5,13H2,1-2H3/t7?,8-,9-/m1/s1. The van der Waals surface area contributed by atoms with Crippen LogP contribution in [0.1, 0.15) is 18.2 Å². The molecular weight excluding hydrogens is 278 g/mol. The fraction of sp³-hybridized carbons (Fsp3) is 0.636. The maximum atomic E-state index is 12.1. The summed E-state index contributed by atoms with van der Waals surface area (Å²) >= 11 is 0. The lowest BCUT2D eigenvalue weighted by molar-refractivity contribution is -0.0270. The van der Waals surface area contributed by atoms with Crippen LogP contribution in [0.5, 0.6) is 0 Å². The van der Waals surface area contributed by atoms with Gasteiger partial charge in [-0.05, 0) is 12.5 Å². The molecule has 114 valence electrons. The number of aliphatic hydroxyl groups is 1. The molecule has 10 nitrogen and oxygen atoms in total. The van der Waals surface area contributed by atoms with E-state index in [1.54, 1.807) is 20.2 Å². The molecule has 21 heavy (non-hydrogen) atoms. The second-order valence-corrected chi connectivity index (χ2v) is 4.87. The van der Waals surface area contributed by atoms with Gasteiger partial charge in [0.05, 0.1) is 18.8 Å². The zero-order valence-electron chi connectivity index (χ0n) is 11.7. The summed E-state index contributed by atoms with van der Waals surface area (Å²) in [6.07, 6.45) is 0.628. The molecule has 0 amide bonds. The molecule has 3 N–H and O–H groups in total. The summed E-state index contributed by atoms with van der Waals surface area (Å²) in [5.41, 5.74) is 8.70. The van der Waals surface area contributed by atoms with Crippen molar-refractivity contribution in [2.45, 2.75) is 31.7 Å². The van der Waals surface area contributed by atoms with Crippen LogP contribution >= 0.6 is 0 Å². The van der Waals surface area contributed by atoms with Gasteiger partial charge in [0.15, 0.2) is 5.82 Å². The van der Waals surface area contributed by atoms with E-state index in [2.05, 4.69) is 15.0 Å². The first-order valence-corrected chi connectivity index (χ1v) is 6.36. The number of hydrogen-bond acceptors (Lipinski definition) is 7. The Kier molecular flexibility index (Phi) is 4.43. The number of nitrogens with zero attached hydrogens (tertiary/aromatic N) is 6. The van der Waals surface area contributed by atoms with Crippen LogP contribution in [0, 0.1) is 6.92 Å². The Bertz CT molecular complexity index is 623. The molecule has 0 aliphatic carbocycles. The highest BCUT2D eigenvalue weighted by atomic mass is 16.5. The van der Waals surface area contributed by atoms with Crippen molar-refractivity contribution >= 4 is 5.82 Å². The number of azide groups is 1. The second-order valence-electron chi connectivity index (χ2n) is 4.87. The summed E-state index contributed by atoms with van der Waals surface area (Å²) in [6, 6.07) is -0.519. The molecule has 3 atom stereocenters. The average molecular weight is 295 g/mol. The first-order chi connectivity index (χ1) is 9.97. The Hall–Kier alpha value is -2.13. The fourth-order valence-electron chi connectivity index (χ4n) is 2.36. The van der Waals surface area contributed by atoms with Gasteiger partial charge >= 0.3 is 5.69 Å². The summed E-state index contributed by atoms with van der Waals surface area (Å²) in [4.78, 5) is 18.7. The van der Waals surface area contributed by atoms with E-state index in [4.69, 9.17) is 16.1 Å². The number of anilines is 1. The van der Waals surface area contributed by atoms with Crippen LogP contribution in [0.15, 0.2) is 16.1 Å². The predicted octanol–water partition coefficient (Wildman–Crippen LogP) is -0.180. The zero-order valence-corrected chi connectivity index (χ0v) is 11.7. The quantitative estimate of drug-likeness (QED) is 0.259. The maximum absolute atomic E-state index is 12.1. The Balaban J connectivity index is 2.33. The Morgan fingerprint density at radius 3 is 3.05 bits per heavy atom. The average Bonchev–Trinajstić information content (AvgIpc) is 2.84. The van der Waals surface area contributed by atoms with E-state index < -0.39 is 24.1 Å². The Morgan fingerprint density at radius 2 is 2.48 bits per heavy atom. The minimum Gasteiger partial charge on any atom is -0.394 e. The van der Waals surface area contributed by atoms with E-state index in [9.17, 15) is 9.90 Å². The lowest BCUT2D eigenvalue weighted by Gasteiger charge is -2.18. The smallest absolute Gasteiger partial charge is 0.351 e. The molecule has 2 rings (SSSR count).